The summed E-state index contributed by atoms with van der Waals surface area (Å²) in [6.45, 7) is 1.89. The van der Waals surface area contributed by atoms with Gasteiger partial charge in [0.15, 0.2) is 0 Å². The van der Waals surface area contributed by atoms with Gasteiger partial charge in [-0.05, 0) is 36.8 Å². The quantitative estimate of drug-likeness (QED) is 0.908. The van der Waals surface area contributed by atoms with E-state index in [0.717, 1.165) is 5.56 Å². The first-order valence-electron chi connectivity index (χ1n) is 5.77. The highest BCUT2D eigenvalue weighted by Crippen LogP contribution is 2.34. The van der Waals surface area contributed by atoms with E-state index in [4.69, 9.17) is 20.8 Å². The van der Waals surface area contributed by atoms with Crippen LogP contribution in [-0.2, 0) is 0 Å². The lowest BCUT2D eigenvalue weighted by Crippen LogP contribution is -1.91. The smallest absolute Gasteiger partial charge is 0.136 e. The molecule has 0 aliphatic rings. The topological polar surface area (TPSA) is 42.6 Å². The van der Waals surface area contributed by atoms with Crippen LogP contribution in [0.4, 0.5) is 0 Å². The summed E-state index contributed by atoms with van der Waals surface area (Å²) in [5.41, 5.74) is 0.755. The summed E-state index contributed by atoms with van der Waals surface area (Å²) in [5, 5.41) is 10.3. The molecule has 2 rings (SSSR count). The fourth-order valence-corrected chi connectivity index (χ4v) is 1.91. The zero-order chi connectivity index (χ0) is 13.1. The van der Waals surface area contributed by atoms with Crippen LogP contribution in [0.3, 0.4) is 0 Å². The highest BCUT2D eigenvalue weighted by atomic mass is 35.5. The molecule has 0 aliphatic carbocycles. The predicted molar refractivity (Wildman–Crippen MR) is 71.0 cm³/mol. The molecule has 0 spiro atoms. The van der Waals surface area contributed by atoms with Gasteiger partial charge in [-0.15, -0.1) is 0 Å². The van der Waals surface area contributed by atoms with Gasteiger partial charge in [-0.25, -0.2) is 0 Å². The molecule has 3 nitrogen and oxygen atoms in total. The number of hydrogen-bond donors (Lipinski definition) is 1. The van der Waals surface area contributed by atoms with Gasteiger partial charge in [0.05, 0.1) is 12.1 Å². The Balaban J connectivity index is 2.39. The number of ether oxygens (including phenoxy) is 1. The molecule has 96 valence electrons. The maximum Gasteiger partial charge on any atom is 0.136 e. The lowest BCUT2D eigenvalue weighted by atomic mass is 10.1. The largest absolute Gasteiger partial charge is 0.497 e. The lowest BCUT2D eigenvalue weighted by Gasteiger charge is -2.06. The van der Waals surface area contributed by atoms with Crippen LogP contribution in [0.15, 0.2) is 34.7 Å². The van der Waals surface area contributed by atoms with Crippen molar-refractivity contribution in [1.82, 2.24) is 0 Å². The summed E-state index contributed by atoms with van der Waals surface area (Å²) >= 11 is 6.13. The lowest BCUT2D eigenvalue weighted by molar-refractivity contribution is 0.147. The van der Waals surface area contributed by atoms with Gasteiger partial charge in [-0.1, -0.05) is 18.5 Å². The van der Waals surface area contributed by atoms with Crippen molar-refractivity contribution < 1.29 is 14.3 Å². The van der Waals surface area contributed by atoms with E-state index >= 15 is 0 Å². The molecule has 2 aromatic rings. The minimum atomic E-state index is -0.580. The van der Waals surface area contributed by atoms with E-state index in [1.54, 1.807) is 31.4 Å². The Labute approximate surface area is 111 Å². The summed E-state index contributed by atoms with van der Waals surface area (Å²) in [6, 6.07) is 8.92. The Morgan fingerprint density at radius 1 is 1.33 bits per heavy atom. The van der Waals surface area contributed by atoms with Crippen molar-refractivity contribution >= 4 is 11.6 Å². The Bertz CT molecular complexity index is 534. The SMILES string of the molecule is CCC(O)c1ccc(-c2cc(OC)ccc2Cl)o1. The second kappa shape index (κ2) is 5.46. The molecule has 1 unspecified atom stereocenters. The van der Waals surface area contributed by atoms with Crippen LogP contribution in [0, 0.1) is 0 Å². The second-order valence-corrected chi connectivity index (χ2v) is 4.38. The Morgan fingerprint density at radius 2 is 2.11 bits per heavy atom. The van der Waals surface area contributed by atoms with Crippen molar-refractivity contribution in [1.29, 1.82) is 0 Å². The summed E-state index contributed by atoms with van der Waals surface area (Å²) in [4.78, 5) is 0. The number of methoxy groups -OCH3 is 1. The van der Waals surface area contributed by atoms with Crippen LogP contribution in [0.1, 0.15) is 25.2 Å². The van der Waals surface area contributed by atoms with Crippen LogP contribution in [-0.4, -0.2) is 12.2 Å². The summed E-state index contributed by atoms with van der Waals surface area (Å²) in [7, 11) is 1.60. The zero-order valence-corrected chi connectivity index (χ0v) is 11.1. The number of aliphatic hydroxyl groups excluding tert-OH is 1. The van der Waals surface area contributed by atoms with E-state index in [0.29, 0.717) is 28.7 Å². The first-order valence-corrected chi connectivity index (χ1v) is 6.15. The van der Waals surface area contributed by atoms with Gasteiger partial charge in [-0.2, -0.15) is 0 Å². The third-order valence-electron chi connectivity index (χ3n) is 2.78. The third kappa shape index (κ3) is 2.52. The molecule has 1 heterocycles. The van der Waals surface area contributed by atoms with Crippen molar-refractivity contribution in [3.63, 3.8) is 0 Å². The van der Waals surface area contributed by atoms with Crippen molar-refractivity contribution in [3.8, 4) is 17.1 Å². The molecule has 0 radical (unpaired) electrons. The van der Waals surface area contributed by atoms with Gasteiger partial charge >= 0.3 is 0 Å². The minimum Gasteiger partial charge on any atom is -0.497 e. The third-order valence-corrected chi connectivity index (χ3v) is 3.11. The maximum absolute atomic E-state index is 9.71. The maximum atomic E-state index is 9.71. The highest BCUT2D eigenvalue weighted by molar-refractivity contribution is 6.33. The Hall–Kier alpha value is -1.45. The van der Waals surface area contributed by atoms with Crippen molar-refractivity contribution in [2.24, 2.45) is 0 Å². The van der Waals surface area contributed by atoms with E-state index in [1.807, 2.05) is 13.0 Å². The molecule has 1 aromatic carbocycles. The first kappa shape index (κ1) is 13.0. The molecule has 0 fully saturated rings. The van der Waals surface area contributed by atoms with Gasteiger partial charge in [0.1, 0.15) is 23.4 Å². The van der Waals surface area contributed by atoms with Crippen molar-refractivity contribution in [2.45, 2.75) is 19.4 Å². The fourth-order valence-electron chi connectivity index (χ4n) is 1.70. The number of aliphatic hydroxyl groups is 1. The van der Waals surface area contributed by atoms with Crippen LogP contribution in [0.5, 0.6) is 5.75 Å². The van der Waals surface area contributed by atoms with Crippen LogP contribution >= 0.6 is 11.6 Å². The predicted octanol–water partition coefficient (Wildman–Crippen LogP) is 4.05. The molecule has 4 heteroatoms. The van der Waals surface area contributed by atoms with Crippen molar-refractivity contribution in [2.75, 3.05) is 7.11 Å². The molecule has 0 saturated heterocycles. The summed E-state index contributed by atoms with van der Waals surface area (Å²) in [5.74, 6) is 1.89. The average molecular weight is 267 g/mol. The molecule has 1 atom stereocenters. The Kier molecular flexibility index (Phi) is 3.94. The van der Waals surface area contributed by atoms with Gasteiger partial charge < -0.3 is 14.3 Å². The number of halogens is 1. The van der Waals surface area contributed by atoms with Crippen LogP contribution in [0.2, 0.25) is 5.02 Å². The van der Waals surface area contributed by atoms with Gasteiger partial charge in [-0.3, -0.25) is 0 Å². The molecule has 0 saturated carbocycles. The van der Waals surface area contributed by atoms with E-state index in [-0.39, 0.29) is 0 Å². The van der Waals surface area contributed by atoms with E-state index in [1.165, 1.54) is 0 Å². The molecule has 1 N–H and O–H groups in total. The Morgan fingerprint density at radius 3 is 2.78 bits per heavy atom. The monoisotopic (exact) mass is 266 g/mol. The average Bonchev–Trinajstić information content (AvgIpc) is 2.88. The van der Waals surface area contributed by atoms with E-state index < -0.39 is 6.10 Å². The first-order chi connectivity index (χ1) is 8.65. The summed E-state index contributed by atoms with van der Waals surface area (Å²) in [6.07, 6.45) is 0.0295. The number of rotatable bonds is 4. The van der Waals surface area contributed by atoms with Crippen LogP contribution < -0.4 is 4.74 Å². The highest BCUT2D eigenvalue weighted by Gasteiger charge is 2.13. The number of furan rings is 1. The molecule has 0 amide bonds. The number of hydrogen-bond acceptors (Lipinski definition) is 3. The van der Waals surface area contributed by atoms with E-state index in [2.05, 4.69) is 0 Å². The molecule has 18 heavy (non-hydrogen) atoms. The summed E-state index contributed by atoms with van der Waals surface area (Å²) < 4.78 is 10.8. The minimum absolute atomic E-state index is 0.548. The molecule has 0 bridgehead atoms. The normalized spacial score (nSPS) is 12.4. The molecular weight excluding hydrogens is 252 g/mol. The van der Waals surface area contributed by atoms with Gasteiger partial charge in [0.2, 0.25) is 0 Å². The number of benzene rings is 1. The molecule has 1 aromatic heterocycles. The van der Waals surface area contributed by atoms with E-state index in [9.17, 15) is 5.11 Å². The second-order valence-electron chi connectivity index (χ2n) is 3.97. The standard InChI is InChI=1S/C14H15ClO3/c1-3-12(16)14-7-6-13(18-14)10-8-9(17-2)4-5-11(10)15/h4-8,12,16H,3H2,1-2H3. The molecular formula is C14H15ClO3. The zero-order valence-electron chi connectivity index (χ0n) is 10.3. The van der Waals surface area contributed by atoms with Gasteiger partial charge in [0.25, 0.3) is 0 Å². The van der Waals surface area contributed by atoms with Gasteiger partial charge in [0, 0.05) is 5.56 Å². The molecule has 0 aliphatic heterocycles. The van der Waals surface area contributed by atoms with Crippen LogP contribution in [0.25, 0.3) is 11.3 Å². The van der Waals surface area contributed by atoms with Crippen molar-refractivity contribution in [3.05, 3.63) is 41.1 Å². The fraction of sp³-hybridized carbons (Fsp3) is 0.286.